The summed E-state index contributed by atoms with van der Waals surface area (Å²) in [7, 11) is 3.15. The van der Waals surface area contributed by atoms with Crippen LogP contribution in [0.1, 0.15) is 25.7 Å². The van der Waals surface area contributed by atoms with Gasteiger partial charge in [0.1, 0.15) is 17.2 Å². The number of methoxy groups -OCH3 is 2. The van der Waals surface area contributed by atoms with E-state index in [4.69, 9.17) is 14.2 Å². The van der Waals surface area contributed by atoms with E-state index in [0.29, 0.717) is 17.2 Å². The van der Waals surface area contributed by atoms with Gasteiger partial charge >= 0.3 is 0 Å². The van der Waals surface area contributed by atoms with Crippen molar-refractivity contribution in [2.24, 2.45) is 0 Å². The molecule has 3 rings (SSSR count). The summed E-state index contributed by atoms with van der Waals surface area (Å²) in [5.74, 6) is 1.86. The molecule has 0 spiro atoms. The number of nitrogens with one attached hydrogen (secondary N) is 2. The van der Waals surface area contributed by atoms with Crippen molar-refractivity contribution < 1.29 is 19.0 Å². The Morgan fingerprint density at radius 2 is 1.70 bits per heavy atom. The van der Waals surface area contributed by atoms with Gasteiger partial charge in [-0.15, -0.1) is 0 Å². The highest BCUT2D eigenvalue weighted by Gasteiger charge is 2.18. The number of hydrogen-bond acceptors (Lipinski definition) is 5. The topological polar surface area (TPSA) is 68.8 Å². The largest absolute Gasteiger partial charge is 0.497 e. The number of anilines is 2. The number of para-hydroxylation sites is 2. The van der Waals surface area contributed by atoms with Crippen molar-refractivity contribution in [2.45, 2.75) is 31.8 Å². The monoisotopic (exact) mass is 370 g/mol. The van der Waals surface area contributed by atoms with Gasteiger partial charge in [0, 0.05) is 23.9 Å². The van der Waals surface area contributed by atoms with Gasteiger partial charge in [-0.2, -0.15) is 0 Å². The van der Waals surface area contributed by atoms with Crippen LogP contribution in [0.5, 0.6) is 17.2 Å². The fourth-order valence-corrected chi connectivity index (χ4v) is 3.16. The highest BCUT2D eigenvalue weighted by molar-refractivity contribution is 5.94. The van der Waals surface area contributed by atoms with Gasteiger partial charge in [0.2, 0.25) is 5.91 Å². The Morgan fingerprint density at radius 1 is 1.04 bits per heavy atom. The summed E-state index contributed by atoms with van der Waals surface area (Å²) >= 11 is 0. The third kappa shape index (κ3) is 5.29. The standard InChI is InChI=1S/C21H26N2O4/c1-25-17-11-15(12-18(13-17)26-2)23-21(24)14-22-19-9-5-6-10-20(19)27-16-7-3-4-8-16/h5-6,9-13,16,22H,3-4,7-8,14H2,1-2H3,(H,23,24). The van der Waals surface area contributed by atoms with Crippen LogP contribution >= 0.6 is 0 Å². The third-order valence-electron chi connectivity index (χ3n) is 4.56. The maximum atomic E-state index is 12.3. The van der Waals surface area contributed by atoms with Gasteiger partial charge in [-0.05, 0) is 37.8 Å². The van der Waals surface area contributed by atoms with Gasteiger partial charge in [0.25, 0.3) is 0 Å². The molecule has 0 aromatic heterocycles. The van der Waals surface area contributed by atoms with E-state index < -0.39 is 0 Å². The Kier molecular flexibility index (Phi) is 6.41. The molecule has 1 aliphatic carbocycles. The second-order valence-electron chi connectivity index (χ2n) is 6.52. The summed E-state index contributed by atoms with van der Waals surface area (Å²) in [6, 6.07) is 13.0. The minimum absolute atomic E-state index is 0.130. The molecule has 0 heterocycles. The van der Waals surface area contributed by atoms with Crippen molar-refractivity contribution in [1.82, 2.24) is 0 Å². The van der Waals surface area contributed by atoms with Crippen LogP contribution in [-0.4, -0.2) is 32.8 Å². The molecule has 0 radical (unpaired) electrons. The summed E-state index contributed by atoms with van der Waals surface area (Å²) in [5.41, 5.74) is 1.44. The molecule has 0 bridgehead atoms. The lowest BCUT2D eigenvalue weighted by atomic mass is 10.2. The van der Waals surface area contributed by atoms with E-state index in [0.717, 1.165) is 24.3 Å². The number of carbonyl (C=O) groups is 1. The quantitative estimate of drug-likeness (QED) is 0.733. The fourth-order valence-electron chi connectivity index (χ4n) is 3.16. The molecule has 6 heteroatoms. The van der Waals surface area contributed by atoms with Crippen molar-refractivity contribution in [1.29, 1.82) is 0 Å². The first-order valence-corrected chi connectivity index (χ1v) is 9.20. The van der Waals surface area contributed by atoms with Gasteiger partial charge in [-0.25, -0.2) is 0 Å². The Morgan fingerprint density at radius 3 is 2.37 bits per heavy atom. The van der Waals surface area contributed by atoms with Crippen molar-refractivity contribution in [3.63, 3.8) is 0 Å². The molecule has 1 amide bonds. The number of benzene rings is 2. The number of rotatable bonds is 8. The molecule has 1 aliphatic rings. The fraction of sp³-hybridized carbons (Fsp3) is 0.381. The molecule has 2 N–H and O–H groups in total. The van der Waals surface area contributed by atoms with E-state index >= 15 is 0 Å². The molecule has 0 saturated heterocycles. The summed E-state index contributed by atoms with van der Waals surface area (Å²) in [6.07, 6.45) is 4.88. The van der Waals surface area contributed by atoms with E-state index in [1.165, 1.54) is 12.8 Å². The van der Waals surface area contributed by atoms with Crippen molar-refractivity contribution in [3.05, 3.63) is 42.5 Å². The molecule has 1 saturated carbocycles. The smallest absolute Gasteiger partial charge is 0.243 e. The van der Waals surface area contributed by atoms with Crippen LogP contribution in [-0.2, 0) is 4.79 Å². The van der Waals surface area contributed by atoms with Gasteiger partial charge in [0.15, 0.2) is 0 Å². The summed E-state index contributed by atoms with van der Waals surface area (Å²) in [6.45, 7) is 0.130. The van der Waals surface area contributed by atoms with E-state index in [1.807, 2.05) is 24.3 Å². The lowest BCUT2D eigenvalue weighted by Crippen LogP contribution is -2.22. The lowest BCUT2D eigenvalue weighted by molar-refractivity contribution is -0.114. The summed E-state index contributed by atoms with van der Waals surface area (Å²) in [4.78, 5) is 12.3. The van der Waals surface area contributed by atoms with Crippen LogP contribution in [0.2, 0.25) is 0 Å². The maximum absolute atomic E-state index is 12.3. The predicted octanol–water partition coefficient (Wildman–Crippen LogP) is 4.08. The van der Waals surface area contributed by atoms with Crippen LogP contribution in [0.25, 0.3) is 0 Å². The SMILES string of the molecule is COc1cc(NC(=O)CNc2ccccc2OC2CCCC2)cc(OC)c1. The molecule has 2 aromatic carbocycles. The average molecular weight is 370 g/mol. The zero-order valence-corrected chi connectivity index (χ0v) is 15.8. The van der Waals surface area contributed by atoms with E-state index in [1.54, 1.807) is 32.4 Å². The normalized spacial score (nSPS) is 13.9. The molecule has 0 aliphatic heterocycles. The molecular weight excluding hydrogens is 344 g/mol. The van der Waals surface area contributed by atoms with Crippen molar-refractivity contribution in [3.8, 4) is 17.2 Å². The highest BCUT2D eigenvalue weighted by Crippen LogP contribution is 2.30. The Labute approximate surface area is 159 Å². The first-order valence-electron chi connectivity index (χ1n) is 9.20. The number of ether oxygens (including phenoxy) is 3. The zero-order chi connectivity index (χ0) is 19.1. The molecule has 0 atom stereocenters. The molecule has 2 aromatic rings. The van der Waals surface area contributed by atoms with Crippen LogP contribution in [0, 0.1) is 0 Å². The van der Waals surface area contributed by atoms with Gasteiger partial charge in [-0.3, -0.25) is 4.79 Å². The molecule has 144 valence electrons. The third-order valence-corrected chi connectivity index (χ3v) is 4.56. The number of hydrogen-bond donors (Lipinski definition) is 2. The van der Waals surface area contributed by atoms with Crippen LogP contribution < -0.4 is 24.8 Å². The van der Waals surface area contributed by atoms with Crippen LogP contribution in [0.15, 0.2) is 42.5 Å². The van der Waals surface area contributed by atoms with Gasteiger partial charge < -0.3 is 24.8 Å². The average Bonchev–Trinajstić information content (AvgIpc) is 3.20. The molecule has 0 unspecified atom stereocenters. The number of amides is 1. The predicted molar refractivity (Wildman–Crippen MR) is 106 cm³/mol. The van der Waals surface area contributed by atoms with Crippen molar-refractivity contribution >= 4 is 17.3 Å². The van der Waals surface area contributed by atoms with Gasteiger partial charge in [-0.1, -0.05) is 12.1 Å². The Bertz CT molecular complexity index is 750. The summed E-state index contributed by atoms with van der Waals surface area (Å²) < 4.78 is 16.5. The van der Waals surface area contributed by atoms with E-state index in [2.05, 4.69) is 10.6 Å². The number of carbonyl (C=O) groups excluding carboxylic acids is 1. The minimum atomic E-state index is -0.166. The summed E-state index contributed by atoms with van der Waals surface area (Å²) in [5, 5.41) is 6.02. The first-order chi connectivity index (χ1) is 13.2. The minimum Gasteiger partial charge on any atom is -0.497 e. The first kappa shape index (κ1) is 18.9. The maximum Gasteiger partial charge on any atom is 0.243 e. The zero-order valence-electron chi connectivity index (χ0n) is 15.8. The van der Waals surface area contributed by atoms with E-state index in [-0.39, 0.29) is 18.6 Å². The van der Waals surface area contributed by atoms with Gasteiger partial charge in [0.05, 0.1) is 32.6 Å². The molecule has 27 heavy (non-hydrogen) atoms. The highest BCUT2D eigenvalue weighted by atomic mass is 16.5. The molecule has 6 nitrogen and oxygen atoms in total. The molecular formula is C21H26N2O4. The second-order valence-corrected chi connectivity index (χ2v) is 6.52. The Hall–Kier alpha value is -2.89. The van der Waals surface area contributed by atoms with Crippen molar-refractivity contribution in [2.75, 3.05) is 31.4 Å². The van der Waals surface area contributed by atoms with E-state index in [9.17, 15) is 4.79 Å². The Balaban J connectivity index is 1.59. The lowest BCUT2D eigenvalue weighted by Gasteiger charge is -2.17. The molecule has 1 fully saturated rings. The van der Waals surface area contributed by atoms with Crippen LogP contribution in [0.4, 0.5) is 11.4 Å². The van der Waals surface area contributed by atoms with Crippen LogP contribution in [0.3, 0.4) is 0 Å². The second kappa shape index (κ2) is 9.16.